The lowest BCUT2D eigenvalue weighted by atomic mass is 10.2. The Kier molecular flexibility index (Phi) is 3.78. The van der Waals surface area contributed by atoms with Crippen LogP contribution in [-0.2, 0) is 9.53 Å². The van der Waals surface area contributed by atoms with Crippen molar-refractivity contribution < 1.29 is 9.53 Å². The van der Waals surface area contributed by atoms with Crippen molar-refractivity contribution in [1.29, 1.82) is 0 Å². The molecule has 0 unspecified atom stereocenters. The molecule has 0 fully saturated rings. The van der Waals surface area contributed by atoms with Crippen LogP contribution < -0.4 is 0 Å². The summed E-state index contributed by atoms with van der Waals surface area (Å²) in [5.74, 6) is 0.671. The molecule has 0 saturated heterocycles. The second kappa shape index (κ2) is 5.31. The maximum Gasteiger partial charge on any atom is 0.310 e. The summed E-state index contributed by atoms with van der Waals surface area (Å²) in [5.41, 5.74) is 0.864. The average molecular weight is 297 g/mol. The minimum atomic E-state index is -0.218. The molecule has 0 atom stereocenters. The topological polar surface area (TPSA) is 41.9 Å². The molecule has 5 heteroatoms. The van der Waals surface area contributed by atoms with Crippen molar-refractivity contribution in [2.45, 2.75) is 13.3 Å². The van der Waals surface area contributed by atoms with Crippen molar-refractivity contribution in [2.75, 3.05) is 13.2 Å². The number of hydrogen-bond acceptors (Lipinski definition) is 4. The maximum absolute atomic E-state index is 11.4. The molecule has 0 aromatic rings. The molecule has 2 heterocycles. The Morgan fingerprint density at radius 2 is 2.41 bits per heavy atom. The first-order valence-corrected chi connectivity index (χ1v) is 6.21. The highest BCUT2D eigenvalue weighted by molar-refractivity contribution is 9.11. The second-order valence-corrected chi connectivity index (χ2v) is 4.73. The zero-order valence-electron chi connectivity index (χ0n) is 9.52. The number of ether oxygens (including phenoxy) is 1. The first kappa shape index (κ1) is 12.1. The van der Waals surface area contributed by atoms with Crippen LogP contribution in [0.3, 0.4) is 0 Å². The van der Waals surface area contributed by atoms with Crippen LogP contribution in [0.1, 0.15) is 13.3 Å². The molecule has 0 aromatic carbocycles. The lowest BCUT2D eigenvalue weighted by molar-refractivity contribution is -0.142. The summed E-state index contributed by atoms with van der Waals surface area (Å²) in [5, 5.41) is 0. The van der Waals surface area contributed by atoms with E-state index in [2.05, 4.69) is 20.9 Å². The van der Waals surface area contributed by atoms with E-state index in [1.807, 2.05) is 23.3 Å². The van der Waals surface area contributed by atoms with Crippen LogP contribution in [0.2, 0.25) is 0 Å². The van der Waals surface area contributed by atoms with E-state index in [0.29, 0.717) is 6.61 Å². The molecule has 2 aliphatic rings. The molecule has 0 aromatic heterocycles. The highest BCUT2D eigenvalue weighted by Crippen LogP contribution is 2.23. The SMILES string of the molecule is CCOC(=O)CC1=CN2CC(Br)=CC=C2N=C1. The Morgan fingerprint density at radius 1 is 1.59 bits per heavy atom. The number of esters is 1. The predicted octanol–water partition coefficient (Wildman–Crippen LogP) is 2.34. The summed E-state index contributed by atoms with van der Waals surface area (Å²) in [6, 6.07) is 0. The van der Waals surface area contributed by atoms with Crippen molar-refractivity contribution in [1.82, 2.24) is 4.90 Å². The first-order chi connectivity index (χ1) is 8.19. The normalized spacial score (nSPS) is 18.0. The van der Waals surface area contributed by atoms with Gasteiger partial charge in [-0.2, -0.15) is 0 Å². The predicted molar refractivity (Wildman–Crippen MR) is 69.6 cm³/mol. The molecule has 0 spiro atoms. The average Bonchev–Trinajstić information content (AvgIpc) is 2.28. The summed E-state index contributed by atoms with van der Waals surface area (Å²) >= 11 is 3.45. The van der Waals surface area contributed by atoms with Gasteiger partial charge in [-0.15, -0.1) is 0 Å². The van der Waals surface area contributed by atoms with E-state index >= 15 is 0 Å². The van der Waals surface area contributed by atoms with Crippen LogP contribution in [0.15, 0.2) is 39.2 Å². The van der Waals surface area contributed by atoms with E-state index in [4.69, 9.17) is 4.74 Å². The van der Waals surface area contributed by atoms with Crippen molar-refractivity contribution in [3.8, 4) is 0 Å². The van der Waals surface area contributed by atoms with E-state index in [0.717, 1.165) is 22.4 Å². The molecule has 0 saturated carbocycles. The largest absolute Gasteiger partial charge is 0.466 e. The monoisotopic (exact) mass is 296 g/mol. The van der Waals surface area contributed by atoms with Gasteiger partial charge in [-0.25, -0.2) is 4.99 Å². The lowest BCUT2D eigenvalue weighted by Gasteiger charge is -2.26. The third-order valence-corrected chi connectivity index (χ3v) is 2.88. The molecule has 0 aliphatic carbocycles. The van der Waals surface area contributed by atoms with Crippen LogP contribution in [-0.4, -0.2) is 30.2 Å². The zero-order chi connectivity index (χ0) is 12.3. The summed E-state index contributed by atoms with van der Waals surface area (Å²) in [6.07, 6.45) is 7.83. The van der Waals surface area contributed by atoms with E-state index in [1.54, 1.807) is 13.1 Å². The van der Waals surface area contributed by atoms with Gasteiger partial charge >= 0.3 is 5.97 Å². The highest BCUT2D eigenvalue weighted by Gasteiger charge is 2.17. The van der Waals surface area contributed by atoms with Crippen LogP contribution in [0, 0.1) is 0 Å². The van der Waals surface area contributed by atoms with Crippen LogP contribution in [0.25, 0.3) is 0 Å². The van der Waals surface area contributed by atoms with E-state index in [9.17, 15) is 4.79 Å². The van der Waals surface area contributed by atoms with Gasteiger partial charge in [-0.3, -0.25) is 4.79 Å². The molecule has 2 rings (SSSR count). The number of carbonyl (C=O) groups excluding carboxylic acids is 1. The number of rotatable bonds is 3. The summed E-state index contributed by atoms with van der Waals surface area (Å²) < 4.78 is 5.99. The molecule has 17 heavy (non-hydrogen) atoms. The molecule has 0 N–H and O–H groups in total. The minimum absolute atomic E-state index is 0.218. The Balaban J connectivity index is 2.04. The number of aliphatic imine (C=N–C) groups is 1. The Morgan fingerprint density at radius 3 is 3.18 bits per heavy atom. The van der Waals surface area contributed by atoms with Crippen molar-refractivity contribution >= 4 is 28.1 Å². The number of hydrogen-bond donors (Lipinski definition) is 0. The molecule has 4 nitrogen and oxygen atoms in total. The molecular formula is C12H13BrN2O2. The molecule has 2 aliphatic heterocycles. The fourth-order valence-electron chi connectivity index (χ4n) is 1.64. The van der Waals surface area contributed by atoms with Crippen LogP contribution >= 0.6 is 15.9 Å². The molecule has 0 bridgehead atoms. The van der Waals surface area contributed by atoms with Gasteiger partial charge in [0.15, 0.2) is 0 Å². The van der Waals surface area contributed by atoms with Crippen molar-refractivity contribution in [3.63, 3.8) is 0 Å². The van der Waals surface area contributed by atoms with E-state index in [-0.39, 0.29) is 12.4 Å². The van der Waals surface area contributed by atoms with Crippen LogP contribution in [0.5, 0.6) is 0 Å². The van der Waals surface area contributed by atoms with Crippen molar-refractivity contribution in [2.24, 2.45) is 4.99 Å². The summed E-state index contributed by atoms with van der Waals surface area (Å²) in [6.45, 7) is 2.95. The highest BCUT2D eigenvalue weighted by atomic mass is 79.9. The van der Waals surface area contributed by atoms with E-state index < -0.39 is 0 Å². The fraction of sp³-hybridized carbons (Fsp3) is 0.333. The number of carbonyl (C=O) groups is 1. The van der Waals surface area contributed by atoms with E-state index in [1.165, 1.54) is 0 Å². The van der Waals surface area contributed by atoms with Gasteiger partial charge in [0.05, 0.1) is 19.6 Å². The molecule has 0 amide bonds. The zero-order valence-corrected chi connectivity index (χ0v) is 11.1. The standard InChI is InChI=1S/C12H13BrN2O2/c1-2-17-12(16)5-9-6-14-11-4-3-10(13)8-15(11)7-9/h3-4,6-7H,2,5,8H2,1H3. The van der Waals surface area contributed by atoms with Gasteiger partial charge in [-0.05, 0) is 24.6 Å². The fourth-order valence-corrected chi connectivity index (χ4v) is 2.04. The van der Waals surface area contributed by atoms with Crippen LogP contribution in [0.4, 0.5) is 0 Å². The third-order valence-electron chi connectivity index (χ3n) is 2.37. The van der Waals surface area contributed by atoms with Crippen molar-refractivity contribution in [3.05, 3.63) is 34.2 Å². The molecule has 90 valence electrons. The van der Waals surface area contributed by atoms with Gasteiger partial charge < -0.3 is 9.64 Å². The minimum Gasteiger partial charge on any atom is -0.466 e. The smallest absolute Gasteiger partial charge is 0.310 e. The number of nitrogens with zero attached hydrogens (tertiary/aromatic N) is 2. The number of fused-ring (bicyclic) bond motifs is 1. The second-order valence-electron chi connectivity index (χ2n) is 3.71. The summed E-state index contributed by atoms with van der Waals surface area (Å²) in [4.78, 5) is 17.7. The van der Waals surface area contributed by atoms with Gasteiger partial charge in [0, 0.05) is 16.9 Å². The number of allylic oxidation sites excluding steroid dienone is 2. The third kappa shape index (κ3) is 3.06. The van der Waals surface area contributed by atoms with Gasteiger partial charge in [0.1, 0.15) is 5.82 Å². The Labute approximate surface area is 108 Å². The van der Waals surface area contributed by atoms with Gasteiger partial charge in [0.25, 0.3) is 0 Å². The Bertz CT molecular complexity index is 449. The number of halogens is 1. The molecular weight excluding hydrogens is 284 g/mol. The first-order valence-electron chi connectivity index (χ1n) is 5.42. The Hall–Kier alpha value is -1.36. The van der Waals surface area contributed by atoms with Gasteiger partial charge in [0.2, 0.25) is 0 Å². The molecule has 0 radical (unpaired) electrons. The maximum atomic E-state index is 11.4. The summed E-state index contributed by atoms with van der Waals surface area (Å²) in [7, 11) is 0. The lowest BCUT2D eigenvalue weighted by Crippen LogP contribution is -2.24. The quantitative estimate of drug-likeness (QED) is 0.751. The van der Waals surface area contributed by atoms with Gasteiger partial charge in [-0.1, -0.05) is 15.9 Å².